The molecule has 1 spiro atoms. The summed E-state index contributed by atoms with van der Waals surface area (Å²) in [5, 5.41) is 15.3. The summed E-state index contributed by atoms with van der Waals surface area (Å²) in [4.78, 5) is 0. The van der Waals surface area contributed by atoms with Crippen LogP contribution < -0.4 is 26.0 Å². The van der Waals surface area contributed by atoms with Gasteiger partial charge in [-0.05, 0) is 63.2 Å². The lowest BCUT2D eigenvalue weighted by Crippen LogP contribution is -2.54. The van der Waals surface area contributed by atoms with E-state index >= 15 is 0 Å². The van der Waals surface area contributed by atoms with Gasteiger partial charge in [0.15, 0.2) is 0 Å². The molecule has 0 amide bonds. The fraction of sp³-hybridized carbons (Fsp3) is 0.111. The Morgan fingerprint density at radius 2 is 1.06 bits per heavy atom. The number of hydrogen-bond acceptors (Lipinski definition) is 5. The summed E-state index contributed by atoms with van der Waals surface area (Å²) in [5.41, 5.74) is 12.8. The summed E-state index contributed by atoms with van der Waals surface area (Å²) in [5.74, 6) is 1.80. The highest BCUT2D eigenvalue weighted by molar-refractivity contribution is 5.93. The zero-order valence-electron chi connectivity index (χ0n) is 27.4. The molecule has 3 aliphatic heterocycles. The maximum atomic E-state index is 6.55. The molecule has 0 saturated carbocycles. The largest absolute Gasteiger partial charge is 0.457 e. The minimum absolute atomic E-state index is 0.0252. The molecule has 1 saturated heterocycles. The van der Waals surface area contributed by atoms with Crippen molar-refractivity contribution in [3.8, 4) is 22.6 Å². The van der Waals surface area contributed by atoms with Gasteiger partial charge in [0.1, 0.15) is 11.5 Å². The number of benzene rings is 6. The smallest absolute Gasteiger partial charge is 0.132 e. The van der Waals surface area contributed by atoms with Crippen LogP contribution in [-0.4, -0.2) is 6.54 Å². The summed E-state index contributed by atoms with van der Waals surface area (Å²) in [6, 6.07) is 54.3. The molecular weight excluding hydrogens is 613 g/mol. The topological polar surface area (TPSA) is 57.4 Å². The number of fused-ring (bicyclic) bond motifs is 8. The first kappa shape index (κ1) is 29.2. The van der Waals surface area contributed by atoms with Gasteiger partial charge in [-0.15, -0.1) is 0 Å². The van der Waals surface area contributed by atoms with Crippen LogP contribution in [0.25, 0.3) is 16.7 Å². The van der Waals surface area contributed by atoms with E-state index in [-0.39, 0.29) is 18.5 Å². The standard InChI is InChI=1S/C45H36N4O/c1-3-13-29(14-4-1)42-47-43(30-15-5-2-6-16-30)49-44(48-42)33-18-11-17-31(27-33)32-24-25-34-35-19-12-26-46-41(35)45(38(34)28-32)36-20-7-9-22-39(36)50-40-23-10-8-21-37(40)45/h1-25,27-28,42-44,46-49H,26H2. The predicted molar refractivity (Wildman–Crippen MR) is 199 cm³/mol. The van der Waals surface area contributed by atoms with Crippen molar-refractivity contribution in [1.29, 1.82) is 0 Å². The van der Waals surface area contributed by atoms with Crippen molar-refractivity contribution >= 4 is 5.57 Å². The SMILES string of the molecule is C1=CC2=C(NC1)C1(c3ccccc3Oc3ccccc31)c1cc(-c3cccc(C4NC(c5ccccc5)NC(c5ccccc5)N4)c3)ccc12. The van der Waals surface area contributed by atoms with Crippen molar-refractivity contribution in [2.24, 2.45) is 0 Å². The zero-order valence-corrected chi connectivity index (χ0v) is 27.4. The van der Waals surface area contributed by atoms with Crippen molar-refractivity contribution in [1.82, 2.24) is 21.3 Å². The summed E-state index contributed by atoms with van der Waals surface area (Å²) in [6.07, 6.45) is 4.39. The number of allylic oxidation sites excluding steroid dienone is 3. The van der Waals surface area contributed by atoms with Gasteiger partial charge in [-0.25, -0.2) is 0 Å². The quantitative estimate of drug-likeness (QED) is 0.154. The molecule has 5 nitrogen and oxygen atoms in total. The summed E-state index contributed by atoms with van der Waals surface area (Å²) >= 11 is 0. The Bertz CT molecular complexity index is 2220. The summed E-state index contributed by atoms with van der Waals surface area (Å²) in [6.45, 7) is 0.791. The van der Waals surface area contributed by atoms with Crippen molar-refractivity contribution in [2.75, 3.05) is 6.54 Å². The van der Waals surface area contributed by atoms with Crippen LogP contribution in [0.5, 0.6) is 11.5 Å². The number of dihydropyridines is 1. The van der Waals surface area contributed by atoms with Gasteiger partial charge in [-0.2, -0.15) is 0 Å². The second-order valence-electron chi connectivity index (χ2n) is 13.4. The highest BCUT2D eigenvalue weighted by Gasteiger charge is 2.52. The van der Waals surface area contributed by atoms with Gasteiger partial charge < -0.3 is 10.1 Å². The van der Waals surface area contributed by atoms with Crippen LogP contribution in [0.15, 0.2) is 170 Å². The summed E-state index contributed by atoms with van der Waals surface area (Å²) < 4.78 is 6.55. The predicted octanol–water partition coefficient (Wildman–Crippen LogP) is 8.86. The maximum absolute atomic E-state index is 6.55. The molecule has 10 rings (SSSR count). The molecule has 50 heavy (non-hydrogen) atoms. The third-order valence-electron chi connectivity index (χ3n) is 10.7. The van der Waals surface area contributed by atoms with E-state index in [1.165, 1.54) is 61.3 Å². The maximum Gasteiger partial charge on any atom is 0.132 e. The fourth-order valence-corrected chi connectivity index (χ4v) is 8.44. The second kappa shape index (κ2) is 11.7. The molecule has 2 unspecified atom stereocenters. The average molecular weight is 649 g/mol. The molecule has 4 aliphatic rings. The molecule has 1 aliphatic carbocycles. The van der Waals surface area contributed by atoms with Crippen molar-refractivity contribution < 1.29 is 4.74 Å². The lowest BCUT2D eigenvalue weighted by molar-refractivity contribution is 0.203. The second-order valence-corrected chi connectivity index (χ2v) is 13.4. The Morgan fingerprint density at radius 1 is 0.500 bits per heavy atom. The van der Waals surface area contributed by atoms with Gasteiger partial charge in [0.05, 0.1) is 23.9 Å². The van der Waals surface area contributed by atoms with Crippen LogP contribution in [0.4, 0.5) is 0 Å². The molecular formula is C45H36N4O. The van der Waals surface area contributed by atoms with Crippen molar-refractivity contribution in [3.63, 3.8) is 0 Å². The van der Waals surface area contributed by atoms with Crippen molar-refractivity contribution in [3.05, 3.63) is 208 Å². The van der Waals surface area contributed by atoms with E-state index in [1.807, 2.05) is 0 Å². The Hall–Kier alpha value is -5.72. The van der Waals surface area contributed by atoms with E-state index in [9.17, 15) is 0 Å². The number of hydrogen-bond donors (Lipinski definition) is 4. The molecule has 4 N–H and O–H groups in total. The van der Waals surface area contributed by atoms with Gasteiger partial charge in [-0.3, -0.25) is 16.0 Å². The molecule has 5 heteroatoms. The zero-order chi connectivity index (χ0) is 33.1. The molecule has 6 aromatic carbocycles. The highest BCUT2D eigenvalue weighted by atomic mass is 16.5. The van der Waals surface area contributed by atoms with E-state index in [4.69, 9.17) is 4.74 Å². The number of nitrogens with one attached hydrogen (secondary N) is 4. The number of para-hydroxylation sites is 2. The van der Waals surface area contributed by atoms with E-state index in [0.29, 0.717) is 0 Å². The third kappa shape index (κ3) is 4.52. The normalized spacial score (nSPS) is 21.0. The third-order valence-corrected chi connectivity index (χ3v) is 10.7. The van der Waals surface area contributed by atoms with Gasteiger partial charge in [0.25, 0.3) is 0 Å². The van der Waals surface area contributed by atoms with E-state index in [1.54, 1.807) is 0 Å². The van der Waals surface area contributed by atoms with E-state index in [2.05, 4.69) is 185 Å². The van der Waals surface area contributed by atoms with Gasteiger partial charge in [-0.1, -0.05) is 140 Å². The molecule has 1 fully saturated rings. The molecule has 0 bridgehead atoms. The first-order valence-corrected chi connectivity index (χ1v) is 17.4. The van der Waals surface area contributed by atoms with Crippen LogP contribution >= 0.6 is 0 Å². The number of rotatable bonds is 4. The van der Waals surface area contributed by atoms with Gasteiger partial charge >= 0.3 is 0 Å². The Balaban J connectivity index is 1.09. The first-order valence-electron chi connectivity index (χ1n) is 17.4. The monoisotopic (exact) mass is 648 g/mol. The lowest BCUT2D eigenvalue weighted by Gasteiger charge is -2.41. The van der Waals surface area contributed by atoms with Gasteiger partial charge in [0, 0.05) is 28.9 Å². The molecule has 0 aromatic heterocycles. The van der Waals surface area contributed by atoms with Gasteiger partial charge in [0.2, 0.25) is 0 Å². The fourth-order valence-electron chi connectivity index (χ4n) is 8.44. The summed E-state index contributed by atoms with van der Waals surface area (Å²) in [7, 11) is 0. The highest BCUT2D eigenvalue weighted by Crippen LogP contribution is 2.61. The van der Waals surface area contributed by atoms with Crippen LogP contribution in [0, 0.1) is 0 Å². The molecule has 242 valence electrons. The molecule has 6 aromatic rings. The van der Waals surface area contributed by atoms with Crippen molar-refractivity contribution in [2.45, 2.75) is 23.9 Å². The van der Waals surface area contributed by atoms with Crippen LogP contribution in [0.2, 0.25) is 0 Å². The average Bonchev–Trinajstić information content (AvgIpc) is 3.48. The van der Waals surface area contributed by atoms with Crippen LogP contribution in [0.3, 0.4) is 0 Å². The molecule has 3 heterocycles. The molecule has 2 atom stereocenters. The van der Waals surface area contributed by atoms with E-state index in [0.717, 1.165) is 18.0 Å². The Kier molecular flexibility index (Phi) is 6.84. The molecule has 0 radical (unpaired) electrons. The minimum Gasteiger partial charge on any atom is -0.457 e. The first-order chi connectivity index (χ1) is 24.8. The number of ether oxygens (including phenoxy) is 1. The van der Waals surface area contributed by atoms with E-state index < -0.39 is 5.41 Å². The minimum atomic E-state index is -0.515. The van der Waals surface area contributed by atoms with Crippen LogP contribution in [0.1, 0.15) is 57.4 Å². The Labute approximate surface area is 292 Å². The lowest BCUT2D eigenvalue weighted by atomic mass is 9.67. The Morgan fingerprint density at radius 3 is 1.72 bits per heavy atom. The van der Waals surface area contributed by atoms with Crippen LogP contribution in [-0.2, 0) is 5.41 Å².